The van der Waals surface area contributed by atoms with Crippen LogP contribution in [0.3, 0.4) is 0 Å². The molecule has 10 heavy (non-hydrogen) atoms. The molecule has 0 atom stereocenters. The molecule has 50 valence electrons. The normalized spacial score (nSPS) is 14.0. The van der Waals surface area contributed by atoms with E-state index < -0.39 is 0 Å². The average Bonchev–Trinajstić information content (AvgIpc) is 2.05. The van der Waals surface area contributed by atoms with Crippen LogP contribution in [0.5, 0.6) is 0 Å². The summed E-state index contributed by atoms with van der Waals surface area (Å²) in [5.41, 5.74) is 2.37. The van der Waals surface area contributed by atoms with E-state index in [4.69, 9.17) is 0 Å². The van der Waals surface area contributed by atoms with Gasteiger partial charge in [0.1, 0.15) is 0 Å². The molecule has 0 amide bonds. The van der Waals surface area contributed by atoms with Crippen LogP contribution < -0.4 is 5.32 Å². The van der Waals surface area contributed by atoms with Crippen molar-refractivity contribution in [3.63, 3.8) is 0 Å². The van der Waals surface area contributed by atoms with Crippen LogP contribution in [0.4, 0.5) is 0 Å². The standard InChI is InChI=1S/C7H7N3/c1-2-8-3-7-5-10-9-4-6(1)7/h1-2,4-5,8H,3H2. The van der Waals surface area contributed by atoms with E-state index in [1.54, 1.807) is 12.4 Å². The maximum absolute atomic E-state index is 3.77. The Labute approximate surface area is 58.8 Å². The van der Waals surface area contributed by atoms with Gasteiger partial charge in [-0.15, -0.1) is 0 Å². The van der Waals surface area contributed by atoms with Crippen molar-refractivity contribution in [3.8, 4) is 0 Å². The first kappa shape index (κ1) is 5.41. The van der Waals surface area contributed by atoms with Gasteiger partial charge in [0.2, 0.25) is 0 Å². The van der Waals surface area contributed by atoms with Gasteiger partial charge in [0.15, 0.2) is 0 Å². The lowest BCUT2D eigenvalue weighted by atomic mass is 10.1. The van der Waals surface area contributed by atoms with Gasteiger partial charge in [-0.1, -0.05) is 0 Å². The second-order valence-electron chi connectivity index (χ2n) is 2.18. The molecule has 3 heteroatoms. The SMILES string of the molecule is C1=Cc2cnncc2CN1. The number of hydrogen-bond acceptors (Lipinski definition) is 3. The Morgan fingerprint density at radius 1 is 1.30 bits per heavy atom. The zero-order valence-electron chi connectivity index (χ0n) is 5.41. The van der Waals surface area contributed by atoms with E-state index in [0.717, 1.165) is 12.1 Å². The molecule has 1 aliphatic rings. The van der Waals surface area contributed by atoms with E-state index in [-0.39, 0.29) is 0 Å². The van der Waals surface area contributed by atoms with Crippen LogP contribution in [-0.2, 0) is 6.54 Å². The van der Waals surface area contributed by atoms with Crippen LogP contribution in [0, 0.1) is 0 Å². The fourth-order valence-corrected chi connectivity index (χ4v) is 0.971. The molecule has 0 saturated heterocycles. The van der Waals surface area contributed by atoms with E-state index in [9.17, 15) is 0 Å². The first-order valence-electron chi connectivity index (χ1n) is 3.16. The first-order chi connectivity index (χ1) is 4.97. The number of hydrogen-bond donors (Lipinski definition) is 1. The Bertz CT molecular complexity index is 267. The van der Waals surface area contributed by atoms with Gasteiger partial charge in [0.25, 0.3) is 0 Å². The maximum atomic E-state index is 3.77. The Morgan fingerprint density at radius 3 is 3.10 bits per heavy atom. The molecule has 0 aromatic carbocycles. The molecule has 1 aliphatic heterocycles. The zero-order chi connectivity index (χ0) is 6.81. The molecular weight excluding hydrogens is 126 g/mol. The fourth-order valence-electron chi connectivity index (χ4n) is 0.971. The van der Waals surface area contributed by atoms with Crippen LogP contribution in [0.15, 0.2) is 18.6 Å². The maximum Gasteiger partial charge on any atom is 0.0572 e. The Hall–Kier alpha value is -1.38. The largest absolute Gasteiger partial charge is 0.387 e. The molecule has 0 aliphatic carbocycles. The molecule has 0 bridgehead atoms. The Balaban J connectivity index is 2.54. The smallest absolute Gasteiger partial charge is 0.0572 e. The van der Waals surface area contributed by atoms with Gasteiger partial charge in [-0.3, -0.25) is 0 Å². The second kappa shape index (κ2) is 2.10. The van der Waals surface area contributed by atoms with Crippen molar-refractivity contribution in [3.05, 3.63) is 29.7 Å². The average molecular weight is 133 g/mol. The highest BCUT2D eigenvalue weighted by molar-refractivity contribution is 5.53. The third-order valence-corrected chi connectivity index (χ3v) is 1.52. The molecule has 0 spiro atoms. The van der Waals surface area contributed by atoms with Crippen molar-refractivity contribution in [1.82, 2.24) is 15.5 Å². The number of fused-ring (bicyclic) bond motifs is 1. The molecule has 0 unspecified atom stereocenters. The van der Waals surface area contributed by atoms with E-state index in [0.29, 0.717) is 0 Å². The minimum atomic E-state index is 0.862. The summed E-state index contributed by atoms with van der Waals surface area (Å²) in [6, 6.07) is 0. The lowest BCUT2D eigenvalue weighted by Gasteiger charge is -2.08. The van der Waals surface area contributed by atoms with Gasteiger partial charge < -0.3 is 5.32 Å². The van der Waals surface area contributed by atoms with Gasteiger partial charge in [-0.25, -0.2) is 0 Å². The summed E-state index contributed by atoms with van der Waals surface area (Å²) in [5, 5.41) is 10.6. The minimum Gasteiger partial charge on any atom is -0.387 e. The van der Waals surface area contributed by atoms with Gasteiger partial charge >= 0.3 is 0 Å². The molecule has 1 aromatic rings. The molecule has 3 nitrogen and oxygen atoms in total. The minimum absolute atomic E-state index is 0.862. The van der Waals surface area contributed by atoms with Crippen molar-refractivity contribution in [1.29, 1.82) is 0 Å². The lowest BCUT2D eigenvalue weighted by molar-refractivity contribution is 0.836. The van der Waals surface area contributed by atoms with Crippen LogP contribution in [0.25, 0.3) is 6.08 Å². The van der Waals surface area contributed by atoms with Gasteiger partial charge in [0, 0.05) is 17.7 Å². The third-order valence-electron chi connectivity index (χ3n) is 1.52. The Morgan fingerprint density at radius 2 is 2.20 bits per heavy atom. The number of nitrogens with zero attached hydrogens (tertiary/aromatic N) is 2. The second-order valence-corrected chi connectivity index (χ2v) is 2.18. The molecule has 1 aromatic heterocycles. The van der Waals surface area contributed by atoms with Crippen LogP contribution >= 0.6 is 0 Å². The monoisotopic (exact) mass is 133 g/mol. The summed E-state index contributed by atoms with van der Waals surface area (Å²) in [6.45, 7) is 0.862. The summed E-state index contributed by atoms with van der Waals surface area (Å²) in [5.74, 6) is 0. The summed E-state index contributed by atoms with van der Waals surface area (Å²) in [4.78, 5) is 0. The van der Waals surface area contributed by atoms with E-state index in [1.807, 2.05) is 12.3 Å². The summed E-state index contributed by atoms with van der Waals surface area (Å²) in [7, 11) is 0. The van der Waals surface area contributed by atoms with Crippen LogP contribution in [0.1, 0.15) is 11.1 Å². The van der Waals surface area contributed by atoms with Crippen LogP contribution in [0.2, 0.25) is 0 Å². The lowest BCUT2D eigenvalue weighted by Crippen LogP contribution is -2.10. The molecule has 0 fully saturated rings. The highest BCUT2D eigenvalue weighted by Gasteiger charge is 2.01. The van der Waals surface area contributed by atoms with Gasteiger partial charge in [-0.2, -0.15) is 10.2 Å². The van der Waals surface area contributed by atoms with E-state index >= 15 is 0 Å². The summed E-state index contributed by atoms with van der Waals surface area (Å²) in [6.07, 6.45) is 7.47. The fraction of sp³-hybridized carbons (Fsp3) is 0.143. The predicted octanol–water partition coefficient (Wildman–Crippen LogP) is 0.550. The molecule has 2 rings (SSSR count). The molecule has 0 radical (unpaired) electrons. The topological polar surface area (TPSA) is 37.8 Å². The van der Waals surface area contributed by atoms with Gasteiger partial charge in [0.05, 0.1) is 12.4 Å². The first-order valence-corrected chi connectivity index (χ1v) is 3.16. The number of aromatic nitrogens is 2. The highest BCUT2D eigenvalue weighted by Crippen LogP contribution is 2.09. The number of rotatable bonds is 0. The number of nitrogens with one attached hydrogen (secondary N) is 1. The van der Waals surface area contributed by atoms with Crippen molar-refractivity contribution in [2.45, 2.75) is 6.54 Å². The van der Waals surface area contributed by atoms with E-state index in [2.05, 4.69) is 15.5 Å². The molecule has 1 N–H and O–H groups in total. The predicted molar refractivity (Wildman–Crippen MR) is 37.9 cm³/mol. The van der Waals surface area contributed by atoms with Crippen molar-refractivity contribution in [2.24, 2.45) is 0 Å². The molecular formula is C7H7N3. The van der Waals surface area contributed by atoms with Crippen molar-refractivity contribution in [2.75, 3.05) is 0 Å². The third kappa shape index (κ3) is 0.757. The van der Waals surface area contributed by atoms with E-state index in [1.165, 1.54) is 5.56 Å². The van der Waals surface area contributed by atoms with Crippen LogP contribution in [-0.4, -0.2) is 10.2 Å². The summed E-state index contributed by atoms with van der Waals surface area (Å²) >= 11 is 0. The van der Waals surface area contributed by atoms with Crippen molar-refractivity contribution >= 4 is 6.08 Å². The Kier molecular flexibility index (Phi) is 1.13. The highest BCUT2D eigenvalue weighted by atomic mass is 15.1. The van der Waals surface area contributed by atoms with Gasteiger partial charge in [-0.05, 0) is 12.3 Å². The molecule has 0 saturated carbocycles. The van der Waals surface area contributed by atoms with Crippen molar-refractivity contribution < 1.29 is 0 Å². The quantitative estimate of drug-likeness (QED) is 0.561. The zero-order valence-corrected chi connectivity index (χ0v) is 5.41. The summed E-state index contributed by atoms with van der Waals surface area (Å²) < 4.78 is 0. The molecule has 2 heterocycles.